The Morgan fingerprint density at radius 2 is 0.614 bits per heavy atom. The molecule has 0 aliphatic carbocycles. The van der Waals surface area contributed by atoms with Gasteiger partial charge < -0.3 is 33.8 Å². The van der Waals surface area contributed by atoms with Gasteiger partial charge >= 0.3 is 39.5 Å². The number of rotatable bonds is 62. The van der Waals surface area contributed by atoms with Gasteiger partial charge in [-0.3, -0.25) is 37.3 Å². The van der Waals surface area contributed by atoms with Gasteiger partial charge in [-0.1, -0.05) is 260 Å². The predicted octanol–water partition coefficient (Wildman–Crippen LogP) is 17.5. The van der Waals surface area contributed by atoms with Crippen LogP contribution in [0.15, 0.2) is 0 Å². The fourth-order valence-electron chi connectivity index (χ4n) is 9.45. The van der Waals surface area contributed by atoms with Crippen molar-refractivity contribution in [2.24, 2.45) is 17.8 Å². The molecular weight excluding hydrogens is 1100 g/mol. The van der Waals surface area contributed by atoms with Crippen LogP contribution in [0.5, 0.6) is 0 Å². The van der Waals surface area contributed by atoms with Gasteiger partial charge in [-0.05, 0) is 43.4 Å². The van der Waals surface area contributed by atoms with Gasteiger partial charge in [-0.2, -0.15) is 0 Å². The van der Waals surface area contributed by atoms with Crippen molar-refractivity contribution in [2.75, 3.05) is 39.6 Å². The molecule has 0 heterocycles. The highest BCUT2D eigenvalue weighted by atomic mass is 31.2. The normalized spacial score (nSPS) is 14.7. The molecule has 19 heteroatoms. The molecule has 0 saturated carbocycles. The number of hydrogen-bond acceptors (Lipinski definition) is 15. The van der Waals surface area contributed by atoms with E-state index in [1.54, 1.807) is 0 Å². The second kappa shape index (κ2) is 55.4. The Labute approximate surface area is 505 Å². The molecule has 83 heavy (non-hydrogen) atoms. The van der Waals surface area contributed by atoms with Gasteiger partial charge in [0.15, 0.2) is 12.2 Å². The van der Waals surface area contributed by atoms with Crippen LogP contribution in [-0.2, 0) is 65.4 Å². The third-order valence-corrected chi connectivity index (χ3v) is 16.9. The fourth-order valence-corrected chi connectivity index (χ4v) is 11.0. The Morgan fingerprint density at radius 3 is 0.916 bits per heavy atom. The highest BCUT2D eigenvalue weighted by Crippen LogP contribution is 2.45. The average Bonchev–Trinajstić information content (AvgIpc) is 3.45. The van der Waals surface area contributed by atoms with E-state index in [4.69, 9.17) is 37.0 Å². The van der Waals surface area contributed by atoms with Gasteiger partial charge in [0.05, 0.1) is 26.4 Å². The van der Waals surface area contributed by atoms with Crippen molar-refractivity contribution in [3.63, 3.8) is 0 Å². The minimum Gasteiger partial charge on any atom is -0.462 e. The molecule has 0 aromatic rings. The van der Waals surface area contributed by atoms with E-state index in [2.05, 4.69) is 48.5 Å². The first-order valence-corrected chi connectivity index (χ1v) is 36.4. The molecule has 6 atom stereocenters. The Bertz CT molecular complexity index is 1650. The number of phosphoric ester groups is 2. The molecule has 0 rings (SSSR count). The third kappa shape index (κ3) is 57.6. The maximum atomic E-state index is 13.0. The first kappa shape index (κ1) is 81.1. The number of phosphoric acid groups is 2. The number of unbranched alkanes of at least 4 members (excludes halogenated alkanes) is 29. The summed E-state index contributed by atoms with van der Waals surface area (Å²) in [5, 5.41) is 10.5. The van der Waals surface area contributed by atoms with E-state index >= 15 is 0 Å². The molecular formula is C64H124O17P2. The molecule has 17 nitrogen and oxygen atoms in total. The standard InChI is InChI=1S/C64H124O17P2/c1-8-10-11-12-13-14-15-16-17-18-19-22-33-40-47-63(68)80-59(51-74-61(66)45-38-31-23-20-21-28-35-42-55(3)4)53-78-82(70,71)76-49-58(65)50-77-83(72,73)79-54-60(52-75-62(67)46-39-32-26-24-29-36-43-56(5)6)81-64(69)48-41-34-27-25-30-37-44-57(7)9-2/h55-60,65H,8-54H2,1-7H3,(H,70,71)(H,72,73)/t57?,58-,59-,60-/m1/s1. The van der Waals surface area contributed by atoms with Crippen molar-refractivity contribution in [3.05, 3.63) is 0 Å². The van der Waals surface area contributed by atoms with Crippen molar-refractivity contribution in [3.8, 4) is 0 Å². The number of carbonyl (C=O) groups is 4. The van der Waals surface area contributed by atoms with Crippen LogP contribution in [0.1, 0.15) is 312 Å². The van der Waals surface area contributed by atoms with Crippen molar-refractivity contribution in [1.29, 1.82) is 0 Å². The zero-order valence-corrected chi connectivity index (χ0v) is 55.4. The van der Waals surface area contributed by atoms with E-state index in [9.17, 15) is 43.2 Å². The maximum absolute atomic E-state index is 13.0. The van der Waals surface area contributed by atoms with Crippen LogP contribution in [0.4, 0.5) is 0 Å². The lowest BCUT2D eigenvalue weighted by atomic mass is 10.00. The van der Waals surface area contributed by atoms with Gasteiger partial charge in [-0.15, -0.1) is 0 Å². The molecule has 0 fully saturated rings. The van der Waals surface area contributed by atoms with Gasteiger partial charge in [-0.25, -0.2) is 9.13 Å². The SMILES string of the molecule is CCCCCCCCCCCCCCCCC(=O)O[C@H](COC(=O)CCCCCCCCCC(C)C)COP(=O)(O)OC[C@@H](O)COP(=O)(O)OC[C@@H](COC(=O)CCCCCCCCC(C)C)OC(=O)CCCCCCCCC(C)CC. The van der Waals surface area contributed by atoms with Crippen molar-refractivity contribution in [2.45, 2.75) is 330 Å². The first-order valence-electron chi connectivity index (χ1n) is 33.4. The van der Waals surface area contributed by atoms with E-state index in [0.717, 1.165) is 109 Å². The van der Waals surface area contributed by atoms with E-state index in [1.165, 1.54) is 109 Å². The summed E-state index contributed by atoms with van der Waals surface area (Å²) in [6.07, 6.45) is 36.4. The lowest BCUT2D eigenvalue weighted by Crippen LogP contribution is -2.30. The highest BCUT2D eigenvalue weighted by Gasteiger charge is 2.30. The molecule has 0 spiro atoms. The minimum absolute atomic E-state index is 0.101. The molecule has 0 radical (unpaired) electrons. The summed E-state index contributed by atoms with van der Waals surface area (Å²) in [4.78, 5) is 72.2. The molecule has 0 saturated heterocycles. The molecule has 0 bridgehead atoms. The summed E-state index contributed by atoms with van der Waals surface area (Å²) in [6, 6.07) is 0. The average molecular weight is 1230 g/mol. The summed E-state index contributed by atoms with van der Waals surface area (Å²) < 4.78 is 68.0. The van der Waals surface area contributed by atoms with E-state index in [-0.39, 0.29) is 25.7 Å². The van der Waals surface area contributed by atoms with Gasteiger partial charge in [0.1, 0.15) is 19.3 Å². The summed E-state index contributed by atoms with van der Waals surface area (Å²) in [7, 11) is -9.89. The highest BCUT2D eigenvalue weighted by molar-refractivity contribution is 7.47. The number of hydrogen-bond donors (Lipinski definition) is 3. The van der Waals surface area contributed by atoms with Crippen LogP contribution in [-0.4, -0.2) is 96.7 Å². The van der Waals surface area contributed by atoms with E-state index in [0.29, 0.717) is 37.5 Å². The van der Waals surface area contributed by atoms with Crippen LogP contribution in [0.3, 0.4) is 0 Å². The lowest BCUT2D eigenvalue weighted by molar-refractivity contribution is -0.161. The number of ether oxygens (including phenoxy) is 4. The number of aliphatic hydroxyl groups excluding tert-OH is 1. The van der Waals surface area contributed by atoms with Gasteiger partial charge in [0.2, 0.25) is 0 Å². The van der Waals surface area contributed by atoms with Crippen molar-refractivity contribution >= 4 is 39.5 Å². The van der Waals surface area contributed by atoms with E-state index < -0.39 is 97.5 Å². The maximum Gasteiger partial charge on any atom is 0.472 e. The Hall–Kier alpha value is -1.94. The molecule has 3 unspecified atom stereocenters. The summed E-state index contributed by atoms with van der Waals surface area (Å²) >= 11 is 0. The second-order valence-corrected chi connectivity index (χ2v) is 27.3. The smallest absolute Gasteiger partial charge is 0.462 e. The molecule has 0 aromatic carbocycles. The van der Waals surface area contributed by atoms with Crippen molar-refractivity contribution < 1.29 is 80.2 Å². The zero-order chi connectivity index (χ0) is 61.7. The number of aliphatic hydroxyl groups is 1. The fraction of sp³-hybridized carbons (Fsp3) is 0.938. The first-order chi connectivity index (χ1) is 39.8. The van der Waals surface area contributed by atoms with Crippen LogP contribution in [0.25, 0.3) is 0 Å². The summed E-state index contributed by atoms with van der Waals surface area (Å²) in [5.41, 5.74) is 0. The Morgan fingerprint density at radius 1 is 0.349 bits per heavy atom. The van der Waals surface area contributed by atoms with Gasteiger partial charge in [0.25, 0.3) is 0 Å². The predicted molar refractivity (Wildman–Crippen MR) is 331 cm³/mol. The van der Waals surface area contributed by atoms with E-state index in [1.807, 2.05) is 0 Å². The van der Waals surface area contributed by atoms with Gasteiger partial charge in [0, 0.05) is 25.7 Å². The lowest BCUT2D eigenvalue weighted by Gasteiger charge is -2.21. The number of esters is 4. The Kier molecular flexibility index (Phi) is 54.1. The molecule has 492 valence electrons. The topological polar surface area (TPSA) is 237 Å². The largest absolute Gasteiger partial charge is 0.472 e. The molecule has 0 aliphatic rings. The molecule has 0 amide bonds. The Balaban J connectivity index is 5.24. The summed E-state index contributed by atoms with van der Waals surface area (Å²) in [5.74, 6) is -0.0351. The second-order valence-electron chi connectivity index (χ2n) is 24.3. The number of carbonyl (C=O) groups excluding carboxylic acids is 4. The van der Waals surface area contributed by atoms with Crippen molar-refractivity contribution in [1.82, 2.24) is 0 Å². The van der Waals surface area contributed by atoms with Crippen LogP contribution in [0.2, 0.25) is 0 Å². The van der Waals surface area contributed by atoms with Crippen LogP contribution in [0, 0.1) is 17.8 Å². The molecule has 0 aliphatic heterocycles. The van der Waals surface area contributed by atoms with Crippen LogP contribution < -0.4 is 0 Å². The van der Waals surface area contributed by atoms with Crippen LogP contribution >= 0.6 is 15.6 Å². The molecule has 3 N–H and O–H groups in total. The monoisotopic (exact) mass is 1230 g/mol. The summed E-state index contributed by atoms with van der Waals surface area (Å²) in [6.45, 7) is 11.6. The zero-order valence-electron chi connectivity index (χ0n) is 53.6. The molecule has 0 aromatic heterocycles. The minimum atomic E-state index is -4.94. The quantitative estimate of drug-likeness (QED) is 0.0222. The third-order valence-electron chi connectivity index (χ3n) is 15.0.